The fourth-order valence-corrected chi connectivity index (χ4v) is 2.25. The summed E-state index contributed by atoms with van der Waals surface area (Å²) in [5, 5.41) is 0. The molecule has 4 nitrogen and oxygen atoms in total. The number of rotatable bonds is 6. The van der Waals surface area contributed by atoms with Gasteiger partial charge in [-0.25, -0.2) is 0 Å². The summed E-state index contributed by atoms with van der Waals surface area (Å²) >= 11 is 0. The standard InChI is InChI=1S/C20H24N4/c1-3-23-19(21)17-11-7-15(8-12-17)5-6-16-9-13-18(14-10-16)20(22)24-4-2/h5-14H,3-4H2,1-2H3,(H2,21,23)(H2,22,24)/b6-5-. The highest BCUT2D eigenvalue weighted by Crippen LogP contribution is 2.11. The summed E-state index contributed by atoms with van der Waals surface area (Å²) in [7, 11) is 0. The molecule has 4 N–H and O–H groups in total. The Balaban J connectivity index is 2.08. The Labute approximate surface area is 143 Å². The Morgan fingerprint density at radius 1 is 0.708 bits per heavy atom. The van der Waals surface area contributed by atoms with Crippen molar-refractivity contribution in [2.75, 3.05) is 13.1 Å². The summed E-state index contributed by atoms with van der Waals surface area (Å²) < 4.78 is 0. The van der Waals surface area contributed by atoms with Crippen LogP contribution in [0.3, 0.4) is 0 Å². The summed E-state index contributed by atoms with van der Waals surface area (Å²) in [5.41, 5.74) is 15.9. The maximum Gasteiger partial charge on any atom is 0.125 e. The van der Waals surface area contributed by atoms with Gasteiger partial charge in [-0.3, -0.25) is 9.98 Å². The van der Waals surface area contributed by atoms with Crippen molar-refractivity contribution in [2.45, 2.75) is 13.8 Å². The predicted molar refractivity (Wildman–Crippen MR) is 104 cm³/mol. The van der Waals surface area contributed by atoms with Gasteiger partial charge in [-0.2, -0.15) is 0 Å². The zero-order valence-corrected chi connectivity index (χ0v) is 14.2. The fourth-order valence-electron chi connectivity index (χ4n) is 2.25. The maximum absolute atomic E-state index is 5.89. The third kappa shape index (κ3) is 4.81. The van der Waals surface area contributed by atoms with E-state index in [4.69, 9.17) is 11.5 Å². The molecule has 0 spiro atoms. The van der Waals surface area contributed by atoms with E-state index >= 15 is 0 Å². The average molecular weight is 320 g/mol. The number of nitrogens with two attached hydrogens (primary N) is 2. The molecule has 0 saturated heterocycles. The van der Waals surface area contributed by atoms with Crippen molar-refractivity contribution in [3.8, 4) is 0 Å². The van der Waals surface area contributed by atoms with Crippen LogP contribution in [-0.4, -0.2) is 24.8 Å². The molecule has 0 bridgehead atoms. The first-order chi connectivity index (χ1) is 11.6. The van der Waals surface area contributed by atoms with Gasteiger partial charge in [-0.05, 0) is 25.0 Å². The summed E-state index contributed by atoms with van der Waals surface area (Å²) in [6.07, 6.45) is 4.13. The van der Waals surface area contributed by atoms with Crippen LogP contribution in [0, 0.1) is 0 Å². The van der Waals surface area contributed by atoms with Crippen molar-refractivity contribution in [1.29, 1.82) is 0 Å². The van der Waals surface area contributed by atoms with Gasteiger partial charge in [0.05, 0.1) is 0 Å². The normalized spacial score (nSPS) is 12.8. The van der Waals surface area contributed by atoms with Gasteiger partial charge in [0.25, 0.3) is 0 Å². The quantitative estimate of drug-likeness (QED) is 0.487. The Hall–Kier alpha value is -2.88. The number of hydrogen-bond acceptors (Lipinski definition) is 2. The smallest absolute Gasteiger partial charge is 0.125 e. The summed E-state index contributed by atoms with van der Waals surface area (Å²) in [6.45, 7) is 5.32. The van der Waals surface area contributed by atoms with E-state index < -0.39 is 0 Å². The van der Waals surface area contributed by atoms with Crippen molar-refractivity contribution < 1.29 is 0 Å². The Bertz CT molecular complexity index is 673. The second-order valence-electron chi connectivity index (χ2n) is 5.30. The highest BCUT2D eigenvalue weighted by atomic mass is 14.8. The molecule has 0 unspecified atom stereocenters. The fraction of sp³-hybridized carbons (Fsp3) is 0.200. The van der Waals surface area contributed by atoms with E-state index in [-0.39, 0.29) is 0 Å². The van der Waals surface area contributed by atoms with Crippen LogP contribution in [0.15, 0.2) is 58.5 Å². The number of benzene rings is 2. The van der Waals surface area contributed by atoms with E-state index in [1.807, 2.05) is 62.4 Å². The molecule has 0 aromatic heterocycles. The van der Waals surface area contributed by atoms with Gasteiger partial charge >= 0.3 is 0 Å². The molecular weight excluding hydrogens is 296 g/mol. The zero-order valence-electron chi connectivity index (χ0n) is 14.2. The summed E-state index contributed by atoms with van der Waals surface area (Å²) in [5.74, 6) is 1.16. The minimum atomic E-state index is 0.579. The number of nitrogens with zero attached hydrogens (tertiary/aromatic N) is 2. The lowest BCUT2D eigenvalue weighted by Gasteiger charge is -2.02. The van der Waals surface area contributed by atoms with E-state index in [9.17, 15) is 0 Å². The minimum absolute atomic E-state index is 0.579. The van der Waals surface area contributed by atoms with Crippen LogP contribution in [0.4, 0.5) is 0 Å². The van der Waals surface area contributed by atoms with Crippen LogP contribution in [0.1, 0.15) is 36.1 Å². The molecule has 0 radical (unpaired) electrons. The van der Waals surface area contributed by atoms with Crippen molar-refractivity contribution in [3.05, 3.63) is 70.8 Å². The van der Waals surface area contributed by atoms with Crippen LogP contribution in [0.25, 0.3) is 12.2 Å². The largest absolute Gasteiger partial charge is 0.384 e. The highest BCUT2D eigenvalue weighted by Gasteiger charge is 1.98. The van der Waals surface area contributed by atoms with E-state index in [2.05, 4.69) is 22.1 Å². The van der Waals surface area contributed by atoms with Crippen LogP contribution in [0.2, 0.25) is 0 Å². The van der Waals surface area contributed by atoms with Crippen molar-refractivity contribution in [2.24, 2.45) is 21.5 Å². The molecule has 2 aromatic carbocycles. The predicted octanol–water partition coefficient (Wildman–Crippen LogP) is 3.31. The van der Waals surface area contributed by atoms with Gasteiger partial charge < -0.3 is 11.5 Å². The minimum Gasteiger partial charge on any atom is -0.384 e. The monoisotopic (exact) mass is 320 g/mol. The molecule has 2 aromatic rings. The van der Waals surface area contributed by atoms with Gasteiger partial charge in [0.1, 0.15) is 11.7 Å². The third-order valence-corrected chi connectivity index (χ3v) is 3.54. The van der Waals surface area contributed by atoms with Crippen LogP contribution in [0.5, 0.6) is 0 Å². The maximum atomic E-state index is 5.89. The molecule has 0 aliphatic rings. The second-order valence-corrected chi connectivity index (χ2v) is 5.30. The van der Waals surface area contributed by atoms with Crippen LogP contribution >= 0.6 is 0 Å². The Kier molecular flexibility index (Phi) is 6.32. The van der Waals surface area contributed by atoms with Gasteiger partial charge in [0, 0.05) is 24.2 Å². The number of aliphatic imine (C=N–C) groups is 2. The molecule has 0 heterocycles. The van der Waals surface area contributed by atoms with Crippen molar-refractivity contribution in [3.63, 3.8) is 0 Å². The topological polar surface area (TPSA) is 76.8 Å². The van der Waals surface area contributed by atoms with E-state index in [1.54, 1.807) is 0 Å². The molecule has 4 heteroatoms. The number of amidine groups is 2. The SMILES string of the molecule is CCN=C(N)c1ccc(/C=C\c2ccc(C(N)=NCC)cc2)cc1. The lowest BCUT2D eigenvalue weighted by molar-refractivity contribution is 1.12. The molecule has 0 amide bonds. The van der Waals surface area contributed by atoms with Crippen molar-refractivity contribution in [1.82, 2.24) is 0 Å². The molecular formula is C20H24N4. The second kappa shape index (κ2) is 8.67. The lowest BCUT2D eigenvalue weighted by atomic mass is 10.1. The molecule has 0 aliphatic carbocycles. The van der Waals surface area contributed by atoms with E-state index in [0.717, 1.165) is 22.3 Å². The van der Waals surface area contributed by atoms with Crippen molar-refractivity contribution >= 4 is 23.8 Å². The first kappa shape index (κ1) is 17.5. The van der Waals surface area contributed by atoms with E-state index in [0.29, 0.717) is 24.8 Å². The average Bonchev–Trinajstić information content (AvgIpc) is 2.61. The van der Waals surface area contributed by atoms with Crippen LogP contribution in [-0.2, 0) is 0 Å². The Morgan fingerprint density at radius 3 is 1.33 bits per heavy atom. The van der Waals surface area contributed by atoms with Gasteiger partial charge in [0.15, 0.2) is 0 Å². The third-order valence-electron chi connectivity index (χ3n) is 3.54. The zero-order chi connectivity index (χ0) is 17.4. The molecule has 2 rings (SSSR count). The number of hydrogen-bond donors (Lipinski definition) is 2. The first-order valence-electron chi connectivity index (χ1n) is 8.12. The first-order valence-corrected chi connectivity index (χ1v) is 8.12. The molecule has 0 aliphatic heterocycles. The van der Waals surface area contributed by atoms with Gasteiger partial charge in [-0.1, -0.05) is 60.7 Å². The van der Waals surface area contributed by atoms with E-state index in [1.165, 1.54) is 0 Å². The Morgan fingerprint density at radius 2 is 1.04 bits per heavy atom. The molecule has 24 heavy (non-hydrogen) atoms. The van der Waals surface area contributed by atoms with Crippen LogP contribution < -0.4 is 11.5 Å². The molecule has 0 saturated carbocycles. The van der Waals surface area contributed by atoms with Gasteiger partial charge in [0.2, 0.25) is 0 Å². The lowest BCUT2D eigenvalue weighted by Crippen LogP contribution is -2.13. The molecule has 124 valence electrons. The molecule has 0 atom stereocenters. The van der Waals surface area contributed by atoms with Gasteiger partial charge in [-0.15, -0.1) is 0 Å². The summed E-state index contributed by atoms with van der Waals surface area (Å²) in [6, 6.07) is 16.1. The highest BCUT2D eigenvalue weighted by molar-refractivity contribution is 5.98. The molecule has 0 fully saturated rings. The summed E-state index contributed by atoms with van der Waals surface area (Å²) in [4.78, 5) is 8.42.